The molecule has 15 heavy (non-hydrogen) atoms. The van der Waals surface area contributed by atoms with Gasteiger partial charge >= 0.3 is 11.6 Å². The lowest BCUT2D eigenvalue weighted by molar-refractivity contribution is -0.708. The summed E-state index contributed by atoms with van der Waals surface area (Å²) in [6, 6.07) is 0. The molecule has 0 amide bonds. The van der Waals surface area contributed by atoms with Gasteiger partial charge in [0, 0.05) is 0 Å². The Labute approximate surface area is 85.8 Å². The number of fused-ring (bicyclic) bond motifs is 1. The highest BCUT2D eigenvalue weighted by Gasteiger charge is 2.18. The molecular weight excluding hydrogens is 194 g/mol. The molecule has 2 aromatic rings. The fourth-order valence-electron chi connectivity index (χ4n) is 1.58. The van der Waals surface area contributed by atoms with E-state index in [0.717, 1.165) is 11.3 Å². The highest BCUT2D eigenvalue weighted by atomic mass is 16.1. The van der Waals surface area contributed by atoms with E-state index in [0.29, 0.717) is 11.0 Å². The van der Waals surface area contributed by atoms with E-state index in [1.165, 1.54) is 0 Å². The van der Waals surface area contributed by atoms with Crippen molar-refractivity contribution in [2.24, 2.45) is 7.05 Å². The van der Waals surface area contributed by atoms with Crippen LogP contribution in [0.1, 0.15) is 11.3 Å². The number of hydrogen-bond acceptors (Lipinski definition) is 4. The summed E-state index contributed by atoms with van der Waals surface area (Å²) in [4.78, 5) is 18.2. The average Bonchev–Trinajstić information content (AvgIpc) is 2.13. The summed E-state index contributed by atoms with van der Waals surface area (Å²) < 4.78 is 1.56. The first-order chi connectivity index (χ1) is 7.00. The molecule has 6 nitrogen and oxygen atoms in total. The molecule has 0 bridgehead atoms. The van der Waals surface area contributed by atoms with Crippen LogP contribution in [0.3, 0.4) is 0 Å². The lowest BCUT2D eigenvalue weighted by Gasteiger charge is -2.01. The molecule has 0 spiro atoms. The average molecular weight is 206 g/mol. The first kappa shape index (κ1) is 9.57. The molecule has 2 heterocycles. The van der Waals surface area contributed by atoms with Gasteiger partial charge in [0.15, 0.2) is 0 Å². The van der Waals surface area contributed by atoms with Gasteiger partial charge in [-0.2, -0.15) is 0 Å². The lowest BCUT2D eigenvalue weighted by atomic mass is 10.2. The Kier molecular flexibility index (Phi) is 1.92. The number of nitrogen functional groups attached to an aromatic ring is 1. The summed E-state index contributed by atoms with van der Waals surface area (Å²) in [7, 11) is 1.74. The van der Waals surface area contributed by atoms with Crippen molar-refractivity contribution >= 4 is 17.0 Å². The van der Waals surface area contributed by atoms with Gasteiger partial charge in [-0.1, -0.05) is 5.10 Å². The SMILES string of the molecule is Cc1n[n+](C)c2nc(N)[nH]c(=O)c2c1C. The smallest absolute Gasteiger partial charge is 0.348 e. The summed E-state index contributed by atoms with van der Waals surface area (Å²) >= 11 is 0. The highest BCUT2D eigenvalue weighted by Crippen LogP contribution is 2.10. The van der Waals surface area contributed by atoms with Gasteiger partial charge in [-0.25, -0.2) is 0 Å². The standard InChI is InChI=1S/C9H11N5O/c1-4-5(2)13-14(3)7-6(4)8(15)12-9(10)11-7/h1-3H3,(H2,10,12,15)/p+1. The van der Waals surface area contributed by atoms with Crippen LogP contribution in [-0.2, 0) is 7.05 Å². The quantitative estimate of drug-likeness (QED) is 0.560. The Morgan fingerprint density at radius 3 is 2.73 bits per heavy atom. The molecule has 0 aliphatic heterocycles. The lowest BCUT2D eigenvalue weighted by Crippen LogP contribution is -2.38. The molecular formula is C9H12N5O+. The zero-order valence-corrected chi connectivity index (χ0v) is 8.83. The van der Waals surface area contributed by atoms with Gasteiger partial charge in [-0.3, -0.25) is 9.78 Å². The number of aryl methyl sites for hydroxylation is 3. The minimum atomic E-state index is -0.226. The van der Waals surface area contributed by atoms with Crippen molar-refractivity contribution in [2.45, 2.75) is 13.8 Å². The minimum absolute atomic E-state index is 0.105. The Morgan fingerprint density at radius 2 is 2.07 bits per heavy atom. The summed E-state index contributed by atoms with van der Waals surface area (Å²) in [6.07, 6.45) is 0. The van der Waals surface area contributed by atoms with Crippen molar-refractivity contribution in [1.82, 2.24) is 15.1 Å². The van der Waals surface area contributed by atoms with Crippen LogP contribution in [0.4, 0.5) is 5.95 Å². The third-order valence-corrected chi connectivity index (χ3v) is 2.44. The Bertz CT molecular complexity index is 601. The molecule has 0 fully saturated rings. The van der Waals surface area contributed by atoms with Gasteiger partial charge in [-0.05, 0) is 24.4 Å². The van der Waals surface area contributed by atoms with E-state index in [1.54, 1.807) is 11.7 Å². The number of aromatic amines is 1. The summed E-state index contributed by atoms with van der Waals surface area (Å²) in [5.41, 5.74) is 7.39. The van der Waals surface area contributed by atoms with Crippen LogP contribution >= 0.6 is 0 Å². The molecule has 2 rings (SSSR count). The molecule has 6 heteroatoms. The fourth-order valence-corrected chi connectivity index (χ4v) is 1.58. The van der Waals surface area contributed by atoms with Crippen molar-refractivity contribution < 1.29 is 4.68 Å². The summed E-state index contributed by atoms with van der Waals surface area (Å²) in [6.45, 7) is 3.70. The number of nitrogens with two attached hydrogens (primary N) is 1. The molecule has 0 aliphatic carbocycles. The molecule has 0 saturated heterocycles. The number of anilines is 1. The number of nitrogens with zero attached hydrogens (tertiary/aromatic N) is 3. The van der Waals surface area contributed by atoms with Gasteiger partial charge in [-0.15, -0.1) is 4.68 Å². The van der Waals surface area contributed by atoms with Crippen LogP contribution in [0.2, 0.25) is 0 Å². The maximum atomic E-state index is 11.7. The molecule has 0 aromatic carbocycles. The van der Waals surface area contributed by atoms with Crippen molar-refractivity contribution in [3.05, 3.63) is 21.6 Å². The van der Waals surface area contributed by atoms with Crippen LogP contribution in [-0.4, -0.2) is 15.1 Å². The van der Waals surface area contributed by atoms with E-state index in [2.05, 4.69) is 15.1 Å². The molecule has 2 aromatic heterocycles. The number of nitrogens with one attached hydrogen (secondary N) is 1. The van der Waals surface area contributed by atoms with Crippen LogP contribution in [0.5, 0.6) is 0 Å². The van der Waals surface area contributed by atoms with Crippen molar-refractivity contribution in [1.29, 1.82) is 0 Å². The van der Waals surface area contributed by atoms with Crippen molar-refractivity contribution in [2.75, 3.05) is 5.73 Å². The predicted molar refractivity (Wildman–Crippen MR) is 55.2 cm³/mol. The van der Waals surface area contributed by atoms with Gasteiger partial charge in [0.2, 0.25) is 0 Å². The molecule has 0 saturated carbocycles. The molecule has 3 N–H and O–H groups in total. The highest BCUT2D eigenvalue weighted by molar-refractivity contribution is 5.75. The van der Waals surface area contributed by atoms with E-state index in [1.807, 2.05) is 13.8 Å². The predicted octanol–water partition coefficient (Wildman–Crippen LogP) is -0.658. The Morgan fingerprint density at radius 1 is 1.40 bits per heavy atom. The van der Waals surface area contributed by atoms with Crippen LogP contribution in [0, 0.1) is 13.8 Å². The van der Waals surface area contributed by atoms with Crippen molar-refractivity contribution in [3.8, 4) is 0 Å². The number of hydrogen-bond donors (Lipinski definition) is 2. The van der Waals surface area contributed by atoms with E-state index < -0.39 is 0 Å². The minimum Gasteiger partial charge on any atom is -0.348 e. The Balaban J connectivity index is 3.10. The van der Waals surface area contributed by atoms with Crippen molar-refractivity contribution in [3.63, 3.8) is 0 Å². The molecule has 0 aliphatic rings. The first-order valence-electron chi connectivity index (χ1n) is 4.53. The van der Waals surface area contributed by atoms with E-state index in [4.69, 9.17) is 5.73 Å². The first-order valence-corrected chi connectivity index (χ1v) is 4.53. The second kappa shape index (κ2) is 3.01. The monoisotopic (exact) mass is 206 g/mol. The molecule has 0 unspecified atom stereocenters. The largest absolute Gasteiger partial charge is 0.360 e. The summed E-state index contributed by atoms with van der Waals surface area (Å²) in [5, 5.41) is 4.77. The third-order valence-electron chi connectivity index (χ3n) is 2.44. The normalized spacial score (nSPS) is 10.9. The summed E-state index contributed by atoms with van der Waals surface area (Å²) in [5.74, 6) is 0.105. The van der Waals surface area contributed by atoms with Crippen LogP contribution in [0.15, 0.2) is 4.79 Å². The van der Waals surface area contributed by atoms with E-state index in [-0.39, 0.29) is 11.5 Å². The second-order valence-corrected chi connectivity index (χ2v) is 3.48. The molecule has 0 atom stereocenters. The van der Waals surface area contributed by atoms with E-state index >= 15 is 0 Å². The third kappa shape index (κ3) is 1.34. The number of aromatic nitrogens is 4. The van der Waals surface area contributed by atoms with Gasteiger partial charge in [0.1, 0.15) is 12.4 Å². The molecule has 0 radical (unpaired) electrons. The zero-order chi connectivity index (χ0) is 11.2. The second-order valence-electron chi connectivity index (χ2n) is 3.48. The Hall–Kier alpha value is -1.98. The topological polar surface area (TPSA) is 88.5 Å². The van der Waals surface area contributed by atoms with Crippen LogP contribution < -0.4 is 16.0 Å². The molecule has 78 valence electrons. The van der Waals surface area contributed by atoms with Gasteiger partial charge < -0.3 is 5.73 Å². The fraction of sp³-hybridized carbons (Fsp3) is 0.333. The van der Waals surface area contributed by atoms with Gasteiger partial charge in [0.25, 0.3) is 5.56 Å². The maximum Gasteiger partial charge on any atom is 0.360 e. The van der Waals surface area contributed by atoms with Gasteiger partial charge in [0.05, 0.1) is 5.69 Å². The van der Waals surface area contributed by atoms with Crippen LogP contribution in [0.25, 0.3) is 11.0 Å². The van der Waals surface area contributed by atoms with E-state index in [9.17, 15) is 4.79 Å². The zero-order valence-electron chi connectivity index (χ0n) is 8.83. The number of H-pyrrole nitrogens is 1. The number of rotatable bonds is 0. The maximum absolute atomic E-state index is 11.7.